The van der Waals surface area contributed by atoms with Gasteiger partial charge in [0.15, 0.2) is 0 Å². The van der Waals surface area contributed by atoms with Gasteiger partial charge in [-0.15, -0.1) is 0 Å². The molecule has 0 bridgehead atoms. The number of ether oxygens (including phenoxy) is 1. The molecule has 0 heterocycles. The van der Waals surface area contributed by atoms with E-state index in [0.717, 1.165) is 15.4 Å². The van der Waals surface area contributed by atoms with Gasteiger partial charge in [-0.25, -0.2) is 8.42 Å². The maximum Gasteiger partial charge on any atom is 0.264 e. The first kappa shape index (κ1) is 33.6. The number of nitrogens with zero attached hydrogens (tertiary/aromatic N) is 2. The Morgan fingerprint density at radius 2 is 1.49 bits per heavy atom. The van der Waals surface area contributed by atoms with Crippen LogP contribution in [-0.4, -0.2) is 50.9 Å². The smallest absolute Gasteiger partial charge is 0.264 e. The van der Waals surface area contributed by atoms with E-state index < -0.39 is 28.5 Å². The van der Waals surface area contributed by atoms with Crippen molar-refractivity contribution >= 4 is 39.1 Å². The van der Waals surface area contributed by atoms with Crippen molar-refractivity contribution in [2.45, 2.75) is 50.2 Å². The van der Waals surface area contributed by atoms with E-state index in [-0.39, 0.29) is 35.5 Å². The van der Waals surface area contributed by atoms with Crippen LogP contribution >= 0.6 is 11.6 Å². The van der Waals surface area contributed by atoms with E-state index in [1.165, 1.54) is 30.2 Å². The number of rotatable bonds is 14. The Kier molecular flexibility index (Phi) is 11.6. The van der Waals surface area contributed by atoms with Crippen LogP contribution in [0.1, 0.15) is 31.4 Å². The van der Waals surface area contributed by atoms with E-state index in [2.05, 4.69) is 5.32 Å². The summed E-state index contributed by atoms with van der Waals surface area (Å²) < 4.78 is 34.5. The molecule has 0 aromatic heterocycles. The Labute approximate surface area is 270 Å². The lowest BCUT2D eigenvalue weighted by atomic mass is 10.0. The van der Waals surface area contributed by atoms with Gasteiger partial charge in [0.05, 0.1) is 17.7 Å². The zero-order valence-corrected chi connectivity index (χ0v) is 27.2. The van der Waals surface area contributed by atoms with E-state index >= 15 is 0 Å². The summed E-state index contributed by atoms with van der Waals surface area (Å²) in [6, 6.07) is 30.0. The third-order valence-electron chi connectivity index (χ3n) is 7.49. The van der Waals surface area contributed by atoms with Crippen LogP contribution in [0.3, 0.4) is 0 Å². The van der Waals surface area contributed by atoms with E-state index in [1.54, 1.807) is 30.3 Å². The molecule has 0 aliphatic rings. The normalized spacial score (nSPS) is 12.5. The topological polar surface area (TPSA) is 96.0 Å². The highest BCUT2D eigenvalue weighted by Crippen LogP contribution is 2.28. The minimum Gasteiger partial charge on any atom is -0.497 e. The molecule has 0 aliphatic heterocycles. The molecule has 0 saturated heterocycles. The summed E-state index contributed by atoms with van der Waals surface area (Å²) >= 11 is 6.29. The lowest BCUT2D eigenvalue weighted by Crippen LogP contribution is -2.54. The number of halogens is 1. The first-order chi connectivity index (χ1) is 21.6. The lowest BCUT2D eigenvalue weighted by molar-refractivity contribution is -0.140. The zero-order valence-electron chi connectivity index (χ0n) is 25.6. The Morgan fingerprint density at radius 1 is 0.867 bits per heavy atom. The van der Waals surface area contributed by atoms with Crippen LogP contribution in [0.4, 0.5) is 5.69 Å². The highest BCUT2D eigenvalue weighted by atomic mass is 35.5. The minimum absolute atomic E-state index is 0.0268. The minimum atomic E-state index is -4.25. The number of methoxy groups -OCH3 is 1. The molecule has 1 N–H and O–H groups in total. The lowest BCUT2D eigenvalue weighted by Gasteiger charge is -2.34. The Morgan fingerprint density at radius 3 is 2.07 bits per heavy atom. The molecule has 0 unspecified atom stereocenters. The van der Waals surface area contributed by atoms with Gasteiger partial charge in [0, 0.05) is 24.0 Å². The van der Waals surface area contributed by atoms with Crippen LogP contribution < -0.4 is 14.4 Å². The SMILES string of the molecule is CC[C@H](C)NC(=O)[C@H](Cc1ccccc1)N(Cc1ccccc1)C(=O)CN(c1cccc(Cl)c1)S(=O)(=O)c1ccc(OC)cc1. The Hall–Kier alpha value is -4.34. The molecule has 2 amide bonds. The molecule has 2 atom stereocenters. The van der Waals surface area contributed by atoms with E-state index in [1.807, 2.05) is 74.5 Å². The molecule has 4 aromatic carbocycles. The van der Waals surface area contributed by atoms with E-state index in [9.17, 15) is 18.0 Å². The fraction of sp³-hybridized carbons (Fsp3) is 0.257. The van der Waals surface area contributed by atoms with Crippen LogP contribution in [-0.2, 0) is 32.6 Å². The molecule has 236 valence electrons. The second-order valence-corrected chi connectivity index (χ2v) is 13.0. The Bertz CT molecular complexity index is 1670. The molecule has 45 heavy (non-hydrogen) atoms. The molecule has 0 fully saturated rings. The molecule has 0 aliphatic carbocycles. The molecule has 4 rings (SSSR count). The molecular formula is C35H38ClN3O5S. The molecular weight excluding hydrogens is 610 g/mol. The largest absolute Gasteiger partial charge is 0.497 e. The van der Waals surface area contributed by atoms with Gasteiger partial charge < -0.3 is 15.0 Å². The second kappa shape index (κ2) is 15.6. The number of anilines is 1. The first-order valence-electron chi connectivity index (χ1n) is 14.7. The van der Waals surface area contributed by atoms with Crippen molar-refractivity contribution in [3.63, 3.8) is 0 Å². The van der Waals surface area contributed by atoms with Crippen molar-refractivity contribution in [1.29, 1.82) is 0 Å². The van der Waals surface area contributed by atoms with Gasteiger partial charge >= 0.3 is 0 Å². The van der Waals surface area contributed by atoms with Gasteiger partial charge in [0.2, 0.25) is 11.8 Å². The van der Waals surface area contributed by atoms with Crippen molar-refractivity contribution in [3.05, 3.63) is 125 Å². The number of carbonyl (C=O) groups excluding carboxylic acids is 2. The zero-order chi connectivity index (χ0) is 32.4. The number of benzene rings is 4. The maximum absolute atomic E-state index is 14.5. The fourth-order valence-electron chi connectivity index (χ4n) is 4.81. The summed E-state index contributed by atoms with van der Waals surface area (Å²) in [6.07, 6.45) is 0.948. The van der Waals surface area contributed by atoms with E-state index in [0.29, 0.717) is 17.2 Å². The van der Waals surface area contributed by atoms with Crippen molar-refractivity contribution in [2.75, 3.05) is 18.0 Å². The number of hydrogen-bond acceptors (Lipinski definition) is 5. The van der Waals surface area contributed by atoms with Gasteiger partial charge in [-0.05, 0) is 66.9 Å². The molecule has 8 nitrogen and oxygen atoms in total. The number of sulfonamides is 1. The van der Waals surface area contributed by atoms with Gasteiger partial charge in [-0.2, -0.15) is 0 Å². The standard InChI is InChI=1S/C35H38ClN3O5S/c1-4-26(2)37-35(41)33(22-27-12-7-5-8-13-27)38(24-28-14-9-6-10-15-28)34(40)25-39(30-17-11-16-29(36)23-30)45(42,43)32-20-18-31(44-3)19-21-32/h5-21,23,26,33H,4,22,24-25H2,1-3H3,(H,37,41)/t26-,33-/m0/s1. The Balaban J connectivity index is 1.79. The summed E-state index contributed by atoms with van der Waals surface area (Å²) in [6.45, 7) is 3.40. The van der Waals surface area contributed by atoms with Gasteiger partial charge in [0.25, 0.3) is 10.0 Å². The van der Waals surface area contributed by atoms with E-state index in [4.69, 9.17) is 16.3 Å². The summed E-state index contributed by atoms with van der Waals surface area (Å²) in [4.78, 5) is 29.8. The predicted molar refractivity (Wildman–Crippen MR) is 178 cm³/mol. The quantitative estimate of drug-likeness (QED) is 0.179. The summed E-state index contributed by atoms with van der Waals surface area (Å²) in [7, 11) is -2.76. The van der Waals surface area contributed by atoms with Crippen LogP contribution in [0, 0.1) is 0 Å². The van der Waals surface area contributed by atoms with Crippen LogP contribution in [0.5, 0.6) is 5.75 Å². The van der Waals surface area contributed by atoms with Gasteiger partial charge in [-0.1, -0.05) is 85.3 Å². The van der Waals surface area contributed by atoms with Gasteiger partial charge in [0.1, 0.15) is 18.3 Å². The van der Waals surface area contributed by atoms with Crippen molar-refractivity contribution in [2.24, 2.45) is 0 Å². The highest BCUT2D eigenvalue weighted by molar-refractivity contribution is 7.92. The van der Waals surface area contributed by atoms with Crippen LogP contribution in [0.25, 0.3) is 0 Å². The molecule has 0 spiro atoms. The monoisotopic (exact) mass is 647 g/mol. The number of nitrogens with one attached hydrogen (secondary N) is 1. The van der Waals surface area contributed by atoms with Crippen LogP contribution in [0.2, 0.25) is 5.02 Å². The second-order valence-electron chi connectivity index (χ2n) is 10.7. The summed E-state index contributed by atoms with van der Waals surface area (Å²) in [5.41, 5.74) is 1.88. The molecule has 10 heteroatoms. The molecule has 4 aromatic rings. The number of amides is 2. The van der Waals surface area contributed by atoms with Crippen LogP contribution in [0.15, 0.2) is 114 Å². The summed E-state index contributed by atoms with van der Waals surface area (Å²) in [5.74, 6) is -0.370. The number of carbonyl (C=O) groups is 2. The molecule has 0 radical (unpaired) electrons. The summed E-state index contributed by atoms with van der Waals surface area (Å²) in [5, 5.41) is 3.35. The highest BCUT2D eigenvalue weighted by Gasteiger charge is 2.35. The van der Waals surface area contributed by atoms with Crippen molar-refractivity contribution in [1.82, 2.24) is 10.2 Å². The third kappa shape index (κ3) is 8.86. The predicted octanol–water partition coefficient (Wildman–Crippen LogP) is 6.10. The van der Waals surface area contributed by atoms with Crippen molar-refractivity contribution < 1.29 is 22.7 Å². The van der Waals surface area contributed by atoms with Crippen molar-refractivity contribution in [3.8, 4) is 5.75 Å². The first-order valence-corrected chi connectivity index (χ1v) is 16.5. The maximum atomic E-state index is 14.5. The average Bonchev–Trinajstić information content (AvgIpc) is 3.05. The van der Waals surface area contributed by atoms with Gasteiger partial charge in [-0.3, -0.25) is 13.9 Å². The third-order valence-corrected chi connectivity index (χ3v) is 9.51. The molecule has 0 saturated carbocycles. The fourth-order valence-corrected chi connectivity index (χ4v) is 6.40. The average molecular weight is 648 g/mol. The number of hydrogen-bond donors (Lipinski definition) is 1.